The molecule has 3 aromatic rings. The van der Waals surface area contributed by atoms with Gasteiger partial charge >= 0.3 is 0 Å². The highest BCUT2D eigenvalue weighted by atomic mass is 32.2. The maximum absolute atomic E-state index is 12.4. The molecule has 0 aliphatic carbocycles. The first-order chi connectivity index (χ1) is 14.0. The van der Waals surface area contributed by atoms with E-state index in [1.807, 2.05) is 24.3 Å². The van der Waals surface area contributed by atoms with Crippen LogP contribution in [0.2, 0.25) is 0 Å². The van der Waals surface area contributed by atoms with Crippen molar-refractivity contribution in [2.75, 3.05) is 22.9 Å². The van der Waals surface area contributed by atoms with Crippen LogP contribution >= 0.6 is 11.8 Å². The first-order valence-corrected chi connectivity index (χ1v) is 10.9. The van der Waals surface area contributed by atoms with Crippen molar-refractivity contribution in [2.24, 2.45) is 0 Å². The molecule has 0 atom stereocenters. The first kappa shape index (κ1) is 20.6. The number of hydrogen-bond donors (Lipinski definition) is 2. The molecule has 0 aliphatic heterocycles. The van der Waals surface area contributed by atoms with Crippen LogP contribution in [0, 0.1) is 0 Å². The standard InChI is InChI=1S/C19H18N4O4S2/c1-27-16-5-2-3-6-17(16)28-13-18(24)22-14-7-9-15(10-8-14)29(25,26)23-19-20-11-4-12-21-19/h2-12H,13H2,1H3,(H,22,24)(H,20,21,23). The van der Waals surface area contributed by atoms with Crippen LogP contribution in [0.5, 0.6) is 5.75 Å². The summed E-state index contributed by atoms with van der Waals surface area (Å²) in [5.74, 6) is 0.660. The Morgan fingerprint density at radius 3 is 2.41 bits per heavy atom. The van der Waals surface area contributed by atoms with Crippen molar-refractivity contribution >= 4 is 39.3 Å². The normalized spacial score (nSPS) is 10.9. The van der Waals surface area contributed by atoms with Gasteiger partial charge in [0.2, 0.25) is 11.9 Å². The lowest BCUT2D eigenvalue weighted by molar-refractivity contribution is -0.113. The summed E-state index contributed by atoms with van der Waals surface area (Å²) in [5, 5.41) is 2.74. The van der Waals surface area contributed by atoms with Gasteiger partial charge in [-0.05, 0) is 42.5 Å². The molecule has 1 aromatic heterocycles. The van der Waals surface area contributed by atoms with Crippen LogP contribution in [0.1, 0.15) is 0 Å². The summed E-state index contributed by atoms with van der Waals surface area (Å²) in [4.78, 5) is 20.8. The first-order valence-electron chi connectivity index (χ1n) is 8.43. The van der Waals surface area contributed by atoms with E-state index in [-0.39, 0.29) is 22.5 Å². The maximum atomic E-state index is 12.4. The predicted molar refractivity (Wildman–Crippen MR) is 112 cm³/mol. The molecule has 0 fully saturated rings. The Morgan fingerprint density at radius 1 is 1.03 bits per heavy atom. The molecule has 1 heterocycles. The number of ether oxygens (including phenoxy) is 1. The maximum Gasteiger partial charge on any atom is 0.264 e. The molecule has 0 bridgehead atoms. The summed E-state index contributed by atoms with van der Waals surface area (Å²) in [7, 11) is -2.24. The molecule has 10 heteroatoms. The molecule has 2 aromatic carbocycles. The van der Waals surface area contributed by atoms with Gasteiger partial charge < -0.3 is 10.1 Å². The number of rotatable bonds is 8. The summed E-state index contributed by atoms with van der Waals surface area (Å²) < 4.78 is 32.3. The lowest BCUT2D eigenvalue weighted by atomic mass is 10.3. The van der Waals surface area contributed by atoms with Crippen LogP contribution in [-0.4, -0.2) is 37.2 Å². The van der Waals surface area contributed by atoms with E-state index in [1.165, 1.54) is 48.4 Å². The van der Waals surface area contributed by atoms with Gasteiger partial charge in [0.15, 0.2) is 0 Å². The van der Waals surface area contributed by atoms with Crippen LogP contribution in [0.25, 0.3) is 0 Å². The van der Waals surface area contributed by atoms with Crippen molar-refractivity contribution in [2.45, 2.75) is 9.79 Å². The Bertz CT molecular complexity index is 1070. The van der Waals surface area contributed by atoms with Crippen LogP contribution in [-0.2, 0) is 14.8 Å². The second-order valence-electron chi connectivity index (χ2n) is 5.69. The number of carbonyl (C=O) groups excluding carboxylic acids is 1. The number of sulfonamides is 1. The number of aromatic nitrogens is 2. The Labute approximate surface area is 172 Å². The molecule has 0 radical (unpaired) electrons. The van der Waals surface area contributed by atoms with Crippen molar-refractivity contribution in [3.05, 3.63) is 67.0 Å². The van der Waals surface area contributed by atoms with Gasteiger partial charge in [0.05, 0.1) is 17.8 Å². The molecule has 1 amide bonds. The number of hydrogen-bond acceptors (Lipinski definition) is 7. The number of nitrogens with one attached hydrogen (secondary N) is 2. The Balaban J connectivity index is 1.59. The van der Waals surface area contributed by atoms with Gasteiger partial charge in [0.1, 0.15) is 5.75 Å². The zero-order valence-corrected chi connectivity index (χ0v) is 17.0. The molecule has 8 nitrogen and oxygen atoms in total. The zero-order chi connectivity index (χ0) is 20.7. The Hall–Kier alpha value is -3.11. The van der Waals surface area contributed by atoms with E-state index in [2.05, 4.69) is 20.0 Å². The monoisotopic (exact) mass is 430 g/mol. The number of anilines is 2. The number of amides is 1. The summed E-state index contributed by atoms with van der Waals surface area (Å²) in [6.45, 7) is 0. The summed E-state index contributed by atoms with van der Waals surface area (Å²) >= 11 is 1.35. The third kappa shape index (κ3) is 5.69. The van der Waals surface area contributed by atoms with Crippen molar-refractivity contribution in [3.63, 3.8) is 0 Å². The SMILES string of the molecule is COc1ccccc1SCC(=O)Nc1ccc(S(=O)(=O)Nc2ncccn2)cc1. The van der Waals surface area contributed by atoms with E-state index in [1.54, 1.807) is 13.2 Å². The van der Waals surface area contributed by atoms with Crippen LogP contribution in [0.15, 0.2) is 76.8 Å². The van der Waals surface area contributed by atoms with Gasteiger partial charge in [-0.3, -0.25) is 4.79 Å². The highest BCUT2D eigenvalue weighted by Crippen LogP contribution is 2.28. The van der Waals surface area contributed by atoms with E-state index >= 15 is 0 Å². The van der Waals surface area contributed by atoms with Crippen LogP contribution in [0.3, 0.4) is 0 Å². The Kier molecular flexibility index (Phi) is 6.68. The van der Waals surface area contributed by atoms with Gasteiger partial charge in [0, 0.05) is 23.0 Å². The van der Waals surface area contributed by atoms with Crippen molar-refractivity contribution in [1.29, 1.82) is 0 Å². The minimum absolute atomic E-state index is 0.0155. The summed E-state index contributed by atoms with van der Waals surface area (Å²) in [5.41, 5.74) is 0.491. The molecule has 0 spiro atoms. The van der Waals surface area contributed by atoms with E-state index in [4.69, 9.17) is 4.74 Å². The third-order valence-corrected chi connectivity index (χ3v) is 6.07. The molecule has 2 N–H and O–H groups in total. The van der Waals surface area contributed by atoms with Crippen molar-refractivity contribution in [3.8, 4) is 5.75 Å². The van der Waals surface area contributed by atoms with E-state index in [0.717, 1.165) is 4.90 Å². The van der Waals surface area contributed by atoms with Gasteiger partial charge in [0.25, 0.3) is 10.0 Å². The molecule has 0 unspecified atom stereocenters. The van der Waals surface area contributed by atoms with E-state index in [9.17, 15) is 13.2 Å². The van der Waals surface area contributed by atoms with Crippen LogP contribution in [0.4, 0.5) is 11.6 Å². The summed E-state index contributed by atoms with van der Waals surface area (Å²) in [6, 6.07) is 14.9. The van der Waals surface area contributed by atoms with E-state index in [0.29, 0.717) is 11.4 Å². The quantitative estimate of drug-likeness (QED) is 0.529. The Morgan fingerprint density at radius 2 is 1.72 bits per heavy atom. The lowest BCUT2D eigenvalue weighted by Crippen LogP contribution is -2.16. The van der Waals surface area contributed by atoms with Gasteiger partial charge in [-0.1, -0.05) is 12.1 Å². The topological polar surface area (TPSA) is 110 Å². The molecule has 29 heavy (non-hydrogen) atoms. The van der Waals surface area contributed by atoms with Gasteiger partial charge in [-0.15, -0.1) is 11.8 Å². The zero-order valence-electron chi connectivity index (χ0n) is 15.4. The van der Waals surface area contributed by atoms with Crippen molar-refractivity contribution in [1.82, 2.24) is 9.97 Å². The largest absolute Gasteiger partial charge is 0.496 e. The molecule has 0 saturated carbocycles. The number of benzene rings is 2. The van der Waals surface area contributed by atoms with Crippen LogP contribution < -0.4 is 14.8 Å². The minimum Gasteiger partial charge on any atom is -0.496 e. The van der Waals surface area contributed by atoms with Gasteiger partial charge in [-0.2, -0.15) is 0 Å². The molecule has 0 aliphatic rings. The average Bonchev–Trinajstić information content (AvgIpc) is 2.73. The molecular weight excluding hydrogens is 412 g/mol. The number of carbonyl (C=O) groups is 1. The van der Waals surface area contributed by atoms with Crippen molar-refractivity contribution < 1.29 is 17.9 Å². The van der Waals surface area contributed by atoms with Gasteiger partial charge in [-0.25, -0.2) is 23.1 Å². The number of methoxy groups -OCH3 is 1. The average molecular weight is 431 g/mol. The third-order valence-electron chi connectivity index (χ3n) is 3.67. The fraction of sp³-hybridized carbons (Fsp3) is 0.105. The number of thioether (sulfide) groups is 1. The lowest BCUT2D eigenvalue weighted by Gasteiger charge is -2.09. The summed E-state index contributed by atoms with van der Waals surface area (Å²) in [6.07, 6.45) is 2.87. The highest BCUT2D eigenvalue weighted by Gasteiger charge is 2.15. The molecule has 150 valence electrons. The highest BCUT2D eigenvalue weighted by molar-refractivity contribution is 8.00. The second kappa shape index (κ2) is 9.39. The van der Waals surface area contributed by atoms with E-state index < -0.39 is 10.0 Å². The predicted octanol–water partition coefficient (Wildman–Crippen LogP) is 3.02. The number of para-hydroxylation sites is 1. The minimum atomic E-state index is -3.82. The number of nitrogens with zero attached hydrogens (tertiary/aromatic N) is 2. The molecular formula is C19H18N4O4S2. The second-order valence-corrected chi connectivity index (χ2v) is 8.39. The smallest absolute Gasteiger partial charge is 0.264 e. The fourth-order valence-electron chi connectivity index (χ4n) is 2.33. The molecule has 3 rings (SSSR count). The fourth-order valence-corrected chi connectivity index (χ4v) is 4.11. The molecule has 0 saturated heterocycles.